The first-order chi connectivity index (χ1) is 14.9. The van der Waals surface area contributed by atoms with Crippen LogP contribution in [0.15, 0.2) is 30.6 Å². The minimum absolute atomic E-state index is 0.0164. The number of carbonyl (C=O) groups is 2. The topological polar surface area (TPSA) is 76.5 Å². The van der Waals surface area contributed by atoms with Crippen molar-refractivity contribution in [2.24, 2.45) is 11.8 Å². The molecule has 3 heterocycles. The van der Waals surface area contributed by atoms with E-state index in [0.717, 1.165) is 11.3 Å². The molecule has 1 aromatic carbocycles. The smallest absolute Gasteiger partial charge is 0.274 e. The number of rotatable bonds is 5. The Balaban J connectivity index is 1.36. The Bertz CT molecular complexity index is 927. The van der Waals surface area contributed by atoms with Gasteiger partial charge in [-0.05, 0) is 31.2 Å². The molecule has 0 aliphatic carbocycles. The molecule has 0 spiro atoms. The van der Waals surface area contributed by atoms with Crippen LogP contribution in [0, 0.1) is 18.8 Å². The number of likely N-dealkylation sites (tertiary alicyclic amines) is 1. The van der Waals surface area contributed by atoms with Gasteiger partial charge >= 0.3 is 0 Å². The van der Waals surface area contributed by atoms with Gasteiger partial charge in [0.15, 0.2) is 5.69 Å². The third-order valence-electron chi connectivity index (χ3n) is 6.22. The number of benzene rings is 1. The number of nitrogens with one attached hydrogen (secondary N) is 1. The van der Waals surface area contributed by atoms with Crippen molar-refractivity contribution in [1.82, 2.24) is 19.8 Å². The molecular weight excluding hydrogens is 392 g/mol. The summed E-state index contributed by atoms with van der Waals surface area (Å²) in [7, 11) is 0. The number of hydrogen-bond acceptors (Lipinski definition) is 4. The molecule has 2 aliphatic rings. The minimum atomic E-state index is -0.0628. The van der Waals surface area contributed by atoms with Crippen molar-refractivity contribution < 1.29 is 14.3 Å². The summed E-state index contributed by atoms with van der Waals surface area (Å²) in [5, 5.41) is 3.01. The van der Waals surface area contributed by atoms with Crippen molar-refractivity contribution in [1.29, 1.82) is 0 Å². The van der Waals surface area contributed by atoms with Gasteiger partial charge < -0.3 is 19.5 Å². The maximum Gasteiger partial charge on any atom is 0.274 e. The molecule has 0 saturated carbocycles. The molecule has 1 saturated heterocycles. The summed E-state index contributed by atoms with van der Waals surface area (Å²) in [6.07, 6.45) is 3.10. The molecule has 2 aromatic rings. The van der Waals surface area contributed by atoms with Crippen LogP contribution in [0.4, 0.5) is 0 Å². The van der Waals surface area contributed by atoms with Gasteiger partial charge in [0.1, 0.15) is 6.10 Å². The van der Waals surface area contributed by atoms with Crippen molar-refractivity contribution >= 4 is 11.8 Å². The summed E-state index contributed by atoms with van der Waals surface area (Å²) in [5.74, 6) is 0.464. The van der Waals surface area contributed by atoms with Crippen molar-refractivity contribution in [2.45, 2.75) is 52.9 Å². The molecule has 2 aliphatic heterocycles. The Morgan fingerprint density at radius 1 is 1.19 bits per heavy atom. The fraction of sp³-hybridized carbons (Fsp3) is 0.542. The van der Waals surface area contributed by atoms with Gasteiger partial charge in [0.25, 0.3) is 5.91 Å². The summed E-state index contributed by atoms with van der Waals surface area (Å²) in [4.78, 5) is 31.7. The van der Waals surface area contributed by atoms with Gasteiger partial charge in [-0.25, -0.2) is 4.98 Å². The first-order valence-electron chi connectivity index (χ1n) is 11.2. The molecule has 0 bridgehead atoms. The lowest BCUT2D eigenvalue weighted by atomic mass is 9.95. The van der Waals surface area contributed by atoms with Crippen LogP contribution in [0.5, 0.6) is 0 Å². The van der Waals surface area contributed by atoms with Crippen LogP contribution >= 0.6 is 0 Å². The van der Waals surface area contributed by atoms with Crippen LogP contribution in [0.25, 0.3) is 0 Å². The number of nitrogens with zero attached hydrogens (tertiary/aromatic N) is 3. The molecule has 4 rings (SSSR count). The van der Waals surface area contributed by atoms with Gasteiger partial charge in [-0.15, -0.1) is 0 Å². The average Bonchev–Trinajstić information content (AvgIpc) is 3.21. The molecule has 7 heteroatoms. The highest BCUT2D eigenvalue weighted by Gasteiger charge is 2.32. The maximum absolute atomic E-state index is 13.1. The summed E-state index contributed by atoms with van der Waals surface area (Å²) >= 11 is 0. The van der Waals surface area contributed by atoms with Gasteiger partial charge in [0, 0.05) is 25.6 Å². The van der Waals surface area contributed by atoms with E-state index in [1.807, 2.05) is 9.47 Å². The lowest BCUT2D eigenvalue weighted by Crippen LogP contribution is -2.44. The number of piperidine rings is 1. The number of carbonyl (C=O) groups excluding carboxylic acids is 2. The van der Waals surface area contributed by atoms with Gasteiger partial charge in [-0.3, -0.25) is 9.59 Å². The van der Waals surface area contributed by atoms with Crippen molar-refractivity contribution in [3.05, 3.63) is 53.1 Å². The number of aromatic nitrogens is 2. The van der Waals surface area contributed by atoms with Gasteiger partial charge in [-0.2, -0.15) is 0 Å². The third-order valence-corrected chi connectivity index (χ3v) is 6.22. The highest BCUT2D eigenvalue weighted by Crippen LogP contribution is 2.29. The van der Waals surface area contributed by atoms with Gasteiger partial charge in [0.2, 0.25) is 5.91 Å². The fourth-order valence-corrected chi connectivity index (χ4v) is 4.23. The monoisotopic (exact) mass is 424 g/mol. The lowest BCUT2D eigenvalue weighted by Gasteiger charge is -2.31. The molecular formula is C24H32N4O3. The van der Waals surface area contributed by atoms with Crippen molar-refractivity contribution in [3.63, 3.8) is 0 Å². The zero-order valence-electron chi connectivity index (χ0n) is 18.6. The Labute approximate surface area is 183 Å². The number of fused-ring (bicyclic) bond motifs is 1. The zero-order chi connectivity index (χ0) is 22.0. The molecule has 1 fully saturated rings. The predicted molar refractivity (Wildman–Crippen MR) is 117 cm³/mol. The number of aryl methyl sites for hydroxylation is 1. The standard InChI is InChI=1S/C24H32N4O3/c1-16(2)12-25-23(29)19-8-10-27(11-9-19)24(30)22-20-14-31-21(13-28(20)15-26-22)18-6-4-17(3)5-7-18/h4-7,15-16,19,21H,8-14H2,1-3H3,(H,25,29)/t21-/m0/s1. The summed E-state index contributed by atoms with van der Waals surface area (Å²) < 4.78 is 8.11. The molecule has 0 radical (unpaired) electrons. The van der Waals surface area contributed by atoms with E-state index in [0.29, 0.717) is 57.2 Å². The Hall–Kier alpha value is -2.67. The quantitative estimate of drug-likeness (QED) is 0.800. The first kappa shape index (κ1) is 21.6. The van der Waals surface area contributed by atoms with Crippen LogP contribution < -0.4 is 5.32 Å². The minimum Gasteiger partial charge on any atom is -0.365 e. The molecule has 31 heavy (non-hydrogen) atoms. The van der Waals surface area contributed by atoms with Gasteiger partial charge in [0.05, 0.1) is 25.2 Å². The summed E-state index contributed by atoms with van der Waals surface area (Å²) in [5.41, 5.74) is 3.67. The van der Waals surface area contributed by atoms with Gasteiger partial charge in [-0.1, -0.05) is 43.7 Å². The van der Waals surface area contributed by atoms with Crippen molar-refractivity contribution in [2.75, 3.05) is 19.6 Å². The Kier molecular flexibility index (Phi) is 6.41. The van der Waals surface area contributed by atoms with E-state index >= 15 is 0 Å². The van der Waals surface area contributed by atoms with Crippen LogP contribution in [0.1, 0.15) is 60.1 Å². The van der Waals surface area contributed by atoms with Crippen LogP contribution in [0.2, 0.25) is 0 Å². The Morgan fingerprint density at radius 2 is 1.90 bits per heavy atom. The molecule has 2 amide bonds. The number of hydrogen-bond donors (Lipinski definition) is 1. The summed E-state index contributed by atoms with van der Waals surface area (Å²) in [6.45, 7) is 9.11. The van der Waals surface area contributed by atoms with Crippen LogP contribution in [-0.4, -0.2) is 45.9 Å². The van der Waals surface area contributed by atoms with E-state index < -0.39 is 0 Å². The number of ether oxygens (including phenoxy) is 1. The maximum atomic E-state index is 13.1. The van der Waals surface area contributed by atoms with Crippen LogP contribution in [0.3, 0.4) is 0 Å². The predicted octanol–water partition coefficient (Wildman–Crippen LogP) is 3.09. The second-order valence-electron chi connectivity index (χ2n) is 9.11. The van der Waals surface area contributed by atoms with E-state index in [9.17, 15) is 9.59 Å². The number of imidazole rings is 1. The lowest BCUT2D eigenvalue weighted by molar-refractivity contribution is -0.126. The molecule has 166 valence electrons. The fourth-order valence-electron chi connectivity index (χ4n) is 4.23. The highest BCUT2D eigenvalue weighted by atomic mass is 16.5. The third kappa shape index (κ3) is 4.82. The van der Waals surface area contributed by atoms with Crippen LogP contribution in [-0.2, 0) is 22.7 Å². The highest BCUT2D eigenvalue weighted by molar-refractivity contribution is 5.93. The molecule has 1 atom stereocenters. The second-order valence-corrected chi connectivity index (χ2v) is 9.11. The van der Waals surface area contributed by atoms with E-state index in [1.165, 1.54) is 5.56 Å². The zero-order valence-corrected chi connectivity index (χ0v) is 18.6. The summed E-state index contributed by atoms with van der Waals surface area (Å²) in [6, 6.07) is 8.36. The normalized spacial score (nSPS) is 19.4. The van der Waals surface area contributed by atoms with E-state index in [-0.39, 0.29) is 23.8 Å². The molecule has 1 aromatic heterocycles. The Morgan fingerprint density at radius 3 is 2.58 bits per heavy atom. The SMILES string of the molecule is Cc1ccc([C@@H]2Cn3cnc(C(=O)N4CCC(C(=O)NCC(C)C)CC4)c3CO2)cc1. The second kappa shape index (κ2) is 9.22. The largest absolute Gasteiger partial charge is 0.365 e. The first-order valence-corrected chi connectivity index (χ1v) is 11.2. The van der Waals surface area contributed by atoms with E-state index in [2.05, 4.69) is 55.3 Å². The molecule has 7 nitrogen and oxygen atoms in total. The molecule has 1 N–H and O–H groups in total. The number of amides is 2. The average molecular weight is 425 g/mol. The van der Waals surface area contributed by atoms with E-state index in [1.54, 1.807) is 6.33 Å². The van der Waals surface area contributed by atoms with Crippen molar-refractivity contribution in [3.8, 4) is 0 Å². The van der Waals surface area contributed by atoms with E-state index in [4.69, 9.17) is 4.74 Å². The molecule has 0 unspecified atom stereocenters.